The molecule has 1 N–H and O–H groups in total. The maximum Gasteiger partial charge on any atom is 0.230 e. The zero-order valence-corrected chi connectivity index (χ0v) is 13.9. The summed E-state index contributed by atoms with van der Waals surface area (Å²) in [6.45, 7) is 0.572. The summed E-state index contributed by atoms with van der Waals surface area (Å²) in [6, 6.07) is 14.2. The highest BCUT2D eigenvalue weighted by atomic mass is 32.2. The third-order valence-corrected chi connectivity index (χ3v) is 5.29. The Morgan fingerprint density at radius 1 is 1.17 bits per heavy atom. The van der Waals surface area contributed by atoms with Crippen LogP contribution in [0.4, 0.5) is 4.39 Å². The summed E-state index contributed by atoms with van der Waals surface area (Å²) in [4.78, 5) is 17.2. The minimum atomic E-state index is -0.269. The summed E-state index contributed by atoms with van der Waals surface area (Å²) in [5.41, 5.74) is 1.01. The maximum absolute atomic E-state index is 12.8. The average Bonchev–Trinajstić information content (AvgIpc) is 2.97. The van der Waals surface area contributed by atoms with Gasteiger partial charge in [-0.05, 0) is 36.4 Å². The third kappa shape index (κ3) is 4.53. The van der Waals surface area contributed by atoms with Crippen LogP contribution in [0.1, 0.15) is 5.01 Å². The first-order valence-electron chi connectivity index (χ1n) is 7.20. The van der Waals surface area contributed by atoms with Crippen LogP contribution >= 0.6 is 23.1 Å². The topological polar surface area (TPSA) is 42.0 Å². The highest BCUT2D eigenvalue weighted by Gasteiger charge is 2.05. The number of hydrogen-bond acceptors (Lipinski definition) is 4. The van der Waals surface area contributed by atoms with Gasteiger partial charge >= 0.3 is 0 Å². The van der Waals surface area contributed by atoms with E-state index in [1.807, 2.05) is 18.2 Å². The normalized spacial score (nSPS) is 10.8. The van der Waals surface area contributed by atoms with Crippen molar-refractivity contribution in [3.05, 3.63) is 59.4 Å². The molecule has 6 heteroatoms. The zero-order valence-electron chi connectivity index (χ0n) is 12.3. The molecule has 3 rings (SSSR count). The van der Waals surface area contributed by atoms with E-state index in [0.717, 1.165) is 21.8 Å². The zero-order chi connectivity index (χ0) is 16.1. The Morgan fingerprint density at radius 3 is 2.74 bits per heavy atom. The number of para-hydroxylation sites is 1. The molecular weight excluding hydrogens is 331 g/mol. The van der Waals surface area contributed by atoms with Gasteiger partial charge in [0.05, 0.1) is 21.0 Å². The van der Waals surface area contributed by atoms with E-state index >= 15 is 0 Å². The molecule has 1 amide bonds. The van der Waals surface area contributed by atoms with E-state index in [9.17, 15) is 9.18 Å². The monoisotopic (exact) mass is 346 g/mol. The number of carbonyl (C=O) groups excluding carboxylic acids is 1. The molecule has 0 spiro atoms. The first-order valence-corrected chi connectivity index (χ1v) is 9.00. The van der Waals surface area contributed by atoms with Crippen LogP contribution in [0.15, 0.2) is 53.4 Å². The predicted molar refractivity (Wildman–Crippen MR) is 93.5 cm³/mol. The number of nitrogens with one attached hydrogen (secondary N) is 1. The van der Waals surface area contributed by atoms with Gasteiger partial charge in [-0.25, -0.2) is 9.37 Å². The highest BCUT2D eigenvalue weighted by Crippen LogP contribution is 2.21. The molecule has 0 unspecified atom stereocenters. The van der Waals surface area contributed by atoms with Crippen LogP contribution < -0.4 is 5.32 Å². The molecule has 118 valence electrons. The number of hydrogen-bond donors (Lipinski definition) is 1. The van der Waals surface area contributed by atoms with Gasteiger partial charge in [0.2, 0.25) is 5.91 Å². The SMILES string of the molecule is O=C(CSc1ccc(F)cc1)NCCc1nc2ccccc2s1. The molecule has 1 heterocycles. The number of halogens is 1. The Balaban J connectivity index is 1.43. The summed E-state index contributed by atoms with van der Waals surface area (Å²) < 4.78 is 14.0. The van der Waals surface area contributed by atoms with Gasteiger partial charge < -0.3 is 5.32 Å². The Bertz CT molecular complexity index is 769. The van der Waals surface area contributed by atoms with Gasteiger partial charge in [0, 0.05) is 17.9 Å². The van der Waals surface area contributed by atoms with E-state index in [4.69, 9.17) is 0 Å². The van der Waals surface area contributed by atoms with Crippen molar-refractivity contribution in [3.63, 3.8) is 0 Å². The minimum Gasteiger partial charge on any atom is -0.355 e. The molecule has 23 heavy (non-hydrogen) atoms. The van der Waals surface area contributed by atoms with E-state index < -0.39 is 0 Å². The Morgan fingerprint density at radius 2 is 1.96 bits per heavy atom. The largest absolute Gasteiger partial charge is 0.355 e. The van der Waals surface area contributed by atoms with Crippen molar-refractivity contribution >= 4 is 39.2 Å². The molecule has 0 fully saturated rings. The van der Waals surface area contributed by atoms with Gasteiger partial charge in [0.15, 0.2) is 0 Å². The molecule has 0 saturated carbocycles. The highest BCUT2D eigenvalue weighted by molar-refractivity contribution is 8.00. The van der Waals surface area contributed by atoms with Crippen LogP contribution in [-0.2, 0) is 11.2 Å². The van der Waals surface area contributed by atoms with E-state index in [1.165, 1.54) is 28.6 Å². The van der Waals surface area contributed by atoms with Gasteiger partial charge in [0.25, 0.3) is 0 Å². The summed E-state index contributed by atoms with van der Waals surface area (Å²) in [6.07, 6.45) is 0.728. The fourth-order valence-electron chi connectivity index (χ4n) is 2.07. The third-order valence-electron chi connectivity index (χ3n) is 3.18. The molecule has 2 aromatic carbocycles. The number of fused-ring (bicyclic) bond motifs is 1. The second kappa shape index (κ2) is 7.57. The lowest BCUT2D eigenvalue weighted by molar-refractivity contribution is -0.118. The second-order valence-electron chi connectivity index (χ2n) is 4.92. The lowest BCUT2D eigenvalue weighted by Crippen LogP contribution is -2.27. The van der Waals surface area contributed by atoms with Gasteiger partial charge in [-0.3, -0.25) is 4.79 Å². The van der Waals surface area contributed by atoms with Crippen molar-refractivity contribution in [1.82, 2.24) is 10.3 Å². The van der Waals surface area contributed by atoms with E-state index in [-0.39, 0.29) is 11.7 Å². The fourth-order valence-corrected chi connectivity index (χ4v) is 3.76. The van der Waals surface area contributed by atoms with Crippen LogP contribution in [0, 0.1) is 5.82 Å². The van der Waals surface area contributed by atoms with Crippen molar-refractivity contribution in [2.24, 2.45) is 0 Å². The summed E-state index contributed by atoms with van der Waals surface area (Å²) in [7, 11) is 0. The number of carbonyl (C=O) groups is 1. The summed E-state index contributed by atoms with van der Waals surface area (Å²) >= 11 is 3.05. The van der Waals surface area contributed by atoms with Gasteiger partial charge in [-0.1, -0.05) is 12.1 Å². The second-order valence-corrected chi connectivity index (χ2v) is 7.08. The number of benzene rings is 2. The molecule has 0 aliphatic rings. The standard InChI is InChI=1S/C17H15FN2OS2/c18-12-5-7-13(8-6-12)22-11-16(21)19-10-9-17-20-14-3-1-2-4-15(14)23-17/h1-8H,9-11H2,(H,19,21). The van der Waals surface area contributed by atoms with Crippen LogP contribution in [0.3, 0.4) is 0 Å². The van der Waals surface area contributed by atoms with Crippen LogP contribution in [0.5, 0.6) is 0 Å². The van der Waals surface area contributed by atoms with Crippen LogP contribution in [0.25, 0.3) is 10.2 Å². The van der Waals surface area contributed by atoms with E-state index in [1.54, 1.807) is 23.5 Å². The molecule has 0 atom stereocenters. The molecule has 0 bridgehead atoms. The molecular formula is C17H15FN2OS2. The van der Waals surface area contributed by atoms with Gasteiger partial charge in [-0.15, -0.1) is 23.1 Å². The molecule has 0 radical (unpaired) electrons. The van der Waals surface area contributed by atoms with Crippen molar-refractivity contribution in [1.29, 1.82) is 0 Å². The number of thiazole rings is 1. The Hall–Kier alpha value is -1.92. The van der Waals surface area contributed by atoms with Crippen molar-refractivity contribution in [3.8, 4) is 0 Å². The smallest absolute Gasteiger partial charge is 0.230 e. The summed E-state index contributed by atoms with van der Waals surface area (Å²) in [5.74, 6) is 0.0286. The molecule has 3 nitrogen and oxygen atoms in total. The number of rotatable bonds is 6. The first kappa shape index (κ1) is 16.0. The number of thioether (sulfide) groups is 1. The lowest BCUT2D eigenvalue weighted by Gasteiger charge is -2.04. The van der Waals surface area contributed by atoms with Crippen molar-refractivity contribution in [2.45, 2.75) is 11.3 Å². The Kier molecular flexibility index (Phi) is 5.25. The minimum absolute atomic E-state index is 0.0274. The number of aromatic nitrogens is 1. The average molecular weight is 346 g/mol. The molecule has 0 saturated heterocycles. The molecule has 0 aliphatic carbocycles. The predicted octanol–water partition coefficient (Wildman–Crippen LogP) is 3.89. The van der Waals surface area contributed by atoms with Crippen molar-refractivity contribution in [2.75, 3.05) is 12.3 Å². The molecule has 0 aliphatic heterocycles. The maximum atomic E-state index is 12.8. The van der Waals surface area contributed by atoms with Gasteiger partial charge in [0.1, 0.15) is 5.82 Å². The number of nitrogens with zero attached hydrogens (tertiary/aromatic N) is 1. The van der Waals surface area contributed by atoms with E-state index in [2.05, 4.69) is 16.4 Å². The fraction of sp³-hybridized carbons (Fsp3) is 0.176. The quantitative estimate of drug-likeness (QED) is 0.689. The van der Waals surface area contributed by atoms with Crippen molar-refractivity contribution < 1.29 is 9.18 Å². The lowest BCUT2D eigenvalue weighted by atomic mass is 10.3. The van der Waals surface area contributed by atoms with Crippen LogP contribution in [-0.4, -0.2) is 23.2 Å². The summed E-state index contributed by atoms with van der Waals surface area (Å²) in [5, 5.41) is 3.92. The first-order chi connectivity index (χ1) is 11.2. The van der Waals surface area contributed by atoms with Crippen LogP contribution in [0.2, 0.25) is 0 Å². The Labute approximate surface area is 141 Å². The van der Waals surface area contributed by atoms with Gasteiger partial charge in [-0.2, -0.15) is 0 Å². The molecule has 3 aromatic rings. The molecule has 1 aromatic heterocycles. The number of amides is 1. The van der Waals surface area contributed by atoms with E-state index in [0.29, 0.717) is 12.3 Å².